The highest BCUT2D eigenvalue weighted by molar-refractivity contribution is 9.10. The van der Waals surface area contributed by atoms with Crippen LogP contribution in [0.1, 0.15) is 30.6 Å². The minimum atomic E-state index is -0.0108. The minimum absolute atomic E-state index is 0.0108. The van der Waals surface area contributed by atoms with E-state index in [0.717, 1.165) is 37.2 Å². The van der Waals surface area contributed by atoms with Crippen LogP contribution in [0.3, 0.4) is 0 Å². The highest BCUT2D eigenvalue weighted by Crippen LogP contribution is 2.14. The van der Waals surface area contributed by atoms with E-state index >= 15 is 0 Å². The van der Waals surface area contributed by atoms with Crippen molar-refractivity contribution in [3.05, 3.63) is 34.3 Å². The summed E-state index contributed by atoms with van der Waals surface area (Å²) in [5.41, 5.74) is 0.694. The Morgan fingerprint density at radius 3 is 2.73 bits per heavy atom. The number of hydrogen-bond acceptors (Lipinski definition) is 3. The summed E-state index contributed by atoms with van der Waals surface area (Å²) in [6, 6.07) is 7.87. The topological polar surface area (TPSA) is 41.6 Å². The van der Waals surface area contributed by atoms with Crippen molar-refractivity contribution < 1.29 is 9.53 Å². The van der Waals surface area contributed by atoms with Crippen molar-refractivity contribution in [3.8, 4) is 0 Å². The lowest BCUT2D eigenvalue weighted by Crippen LogP contribution is -2.49. The molecule has 1 fully saturated rings. The molecule has 22 heavy (non-hydrogen) atoms. The van der Waals surface area contributed by atoms with Crippen LogP contribution in [0.2, 0.25) is 0 Å². The summed E-state index contributed by atoms with van der Waals surface area (Å²) in [4.78, 5) is 14.7. The summed E-state index contributed by atoms with van der Waals surface area (Å²) >= 11 is 3.40. The normalized spacial score (nSPS) is 17.5. The number of carbonyl (C=O) groups excluding carboxylic acids is 1. The van der Waals surface area contributed by atoms with Crippen LogP contribution >= 0.6 is 15.9 Å². The van der Waals surface area contributed by atoms with Crippen molar-refractivity contribution in [2.45, 2.75) is 26.3 Å². The monoisotopic (exact) mass is 368 g/mol. The molecule has 1 aromatic carbocycles. The number of carbonyl (C=O) groups is 1. The maximum absolute atomic E-state index is 12.3. The number of morpholine rings is 1. The average Bonchev–Trinajstić information content (AvgIpc) is 2.51. The van der Waals surface area contributed by atoms with E-state index in [1.165, 1.54) is 0 Å². The minimum Gasteiger partial charge on any atom is -0.379 e. The number of halogens is 1. The first kappa shape index (κ1) is 17.4. The molecule has 5 heteroatoms. The van der Waals surface area contributed by atoms with Crippen molar-refractivity contribution in [1.82, 2.24) is 10.2 Å². The summed E-state index contributed by atoms with van der Waals surface area (Å²) in [7, 11) is 0. The summed E-state index contributed by atoms with van der Waals surface area (Å²) < 4.78 is 6.35. The van der Waals surface area contributed by atoms with Gasteiger partial charge in [0, 0.05) is 35.7 Å². The summed E-state index contributed by atoms with van der Waals surface area (Å²) in [5.74, 6) is 0.596. The number of nitrogens with zero attached hydrogens (tertiary/aromatic N) is 1. The second-order valence-corrected chi connectivity index (χ2v) is 7.07. The molecule has 1 aliphatic heterocycles. The Bertz CT molecular complexity index is 487. The molecule has 4 nitrogen and oxygen atoms in total. The summed E-state index contributed by atoms with van der Waals surface area (Å²) in [5, 5.41) is 3.09. The third-order valence-electron chi connectivity index (χ3n) is 3.89. The Morgan fingerprint density at radius 1 is 1.36 bits per heavy atom. The molecule has 0 aliphatic carbocycles. The lowest BCUT2D eigenvalue weighted by atomic mass is 10.0. The third-order valence-corrected chi connectivity index (χ3v) is 4.38. The van der Waals surface area contributed by atoms with Gasteiger partial charge >= 0.3 is 0 Å². The van der Waals surface area contributed by atoms with Gasteiger partial charge < -0.3 is 10.1 Å². The molecule has 0 bridgehead atoms. The molecule has 1 atom stereocenters. The smallest absolute Gasteiger partial charge is 0.251 e. The molecule has 1 aromatic rings. The molecule has 1 N–H and O–H groups in total. The molecular formula is C17H25BrN2O2. The first-order valence-electron chi connectivity index (χ1n) is 7.92. The number of hydrogen-bond donors (Lipinski definition) is 1. The van der Waals surface area contributed by atoms with Crippen molar-refractivity contribution in [3.63, 3.8) is 0 Å². The Kier molecular flexibility index (Phi) is 6.86. The summed E-state index contributed by atoms with van der Waals surface area (Å²) in [6.45, 7) is 8.60. The van der Waals surface area contributed by atoms with Crippen LogP contribution in [0.25, 0.3) is 0 Å². The quantitative estimate of drug-likeness (QED) is 0.839. The van der Waals surface area contributed by atoms with Crippen molar-refractivity contribution in [1.29, 1.82) is 0 Å². The predicted octanol–water partition coefficient (Wildman–Crippen LogP) is 2.93. The lowest BCUT2D eigenvalue weighted by molar-refractivity contribution is 0.0124. The molecule has 2 rings (SSSR count). The fourth-order valence-corrected chi connectivity index (χ4v) is 3.19. The molecule has 1 amide bonds. The van der Waals surface area contributed by atoms with Crippen LogP contribution < -0.4 is 5.32 Å². The molecule has 0 radical (unpaired) electrons. The van der Waals surface area contributed by atoms with Gasteiger partial charge in [-0.05, 0) is 30.5 Å². The second-order valence-electron chi connectivity index (χ2n) is 6.15. The van der Waals surface area contributed by atoms with Gasteiger partial charge in [0.05, 0.1) is 13.2 Å². The molecule has 0 aromatic heterocycles. The number of benzene rings is 1. The van der Waals surface area contributed by atoms with Gasteiger partial charge in [0.1, 0.15) is 0 Å². The Morgan fingerprint density at radius 2 is 2.09 bits per heavy atom. The van der Waals surface area contributed by atoms with Crippen LogP contribution in [0, 0.1) is 5.92 Å². The fraction of sp³-hybridized carbons (Fsp3) is 0.588. The van der Waals surface area contributed by atoms with Crippen LogP contribution in [-0.2, 0) is 4.74 Å². The molecule has 0 spiro atoms. The second kappa shape index (κ2) is 8.65. The molecule has 1 aliphatic rings. The van der Waals surface area contributed by atoms with Crippen molar-refractivity contribution in [2.24, 2.45) is 5.92 Å². The maximum Gasteiger partial charge on any atom is 0.251 e. The number of ether oxygens (including phenoxy) is 1. The van der Waals surface area contributed by atoms with E-state index in [4.69, 9.17) is 4.74 Å². The zero-order valence-electron chi connectivity index (χ0n) is 13.3. The van der Waals surface area contributed by atoms with E-state index in [-0.39, 0.29) is 5.91 Å². The summed E-state index contributed by atoms with van der Waals surface area (Å²) in [6.07, 6.45) is 1.08. The van der Waals surface area contributed by atoms with E-state index in [9.17, 15) is 4.79 Å². The zero-order chi connectivity index (χ0) is 15.9. The molecule has 122 valence electrons. The first-order valence-corrected chi connectivity index (χ1v) is 8.71. The SMILES string of the molecule is CC(C)CC(CNC(=O)c1cccc(Br)c1)N1CCOCC1. The molecular weight excluding hydrogens is 344 g/mol. The Balaban J connectivity index is 1.93. The zero-order valence-corrected chi connectivity index (χ0v) is 14.9. The molecule has 0 saturated carbocycles. The number of nitrogens with one attached hydrogen (secondary N) is 1. The van der Waals surface area contributed by atoms with Gasteiger partial charge in [-0.3, -0.25) is 9.69 Å². The largest absolute Gasteiger partial charge is 0.379 e. The van der Waals surface area contributed by atoms with E-state index in [1.807, 2.05) is 24.3 Å². The van der Waals surface area contributed by atoms with Crippen molar-refractivity contribution >= 4 is 21.8 Å². The standard InChI is InChI=1S/C17H25BrN2O2/c1-13(2)10-16(20-6-8-22-9-7-20)12-19-17(21)14-4-3-5-15(18)11-14/h3-5,11,13,16H,6-10,12H2,1-2H3,(H,19,21). The highest BCUT2D eigenvalue weighted by Gasteiger charge is 2.22. The van der Waals surface area contributed by atoms with Gasteiger partial charge in [-0.2, -0.15) is 0 Å². The van der Waals surface area contributed by atoms with Crippen LogP contribution in [0.5, 0.6) is 0 Å². The number of amides is 1. The van der Waals surface area contributed by atoms with Gasteiger partial charge in [-0.25, -0.2) is 0 Å². The van der Waals surface area contributed by atoms with Gasteiger partial charge in [0.25, 0.3) is 5.91 Å². The van der Waals surface area contributed by atoms with E-state index < -0.39 is 0 Å². The maximum atomic E-state index is 12.3. The van der Waals surface area contributed by atoms with E-state index in [2.05, 4.69) is 40.0 Å². The van der Waals surface area contributed by atoms with Crippen molar-refractivity contribution in [2.75, 3.05) is 32.8 Å². The van der Waals surface area contributed by atoms with Crippen LogP contribution in [0.15, 0.2) is 28.7 Å². The molecule has 1 heterocycles. The van der Waals surface area contributed by atoms with E-state index in [1.54, 1.807) is 0 Å². The van der Waals surface area contributed by atoms with E-state index in [0.29, 0.717) is 24.1 Å². The molecule has 1 saturated heterocycles. The number of rotatable bonds is 6. The van der Waals surface area contributed by atoms with Crippen LogP contribution in [0.4, 0.5) is 0 Å². The third kappa shape index (κ3) is 5.38. The van der Waals surface area contributed by atoms with Gasteiger partial charge in [0.2, 0.25) is 0 Å². The average molecular weight is 369 g/mol. The Hall–Kier alpha value is -0.910. The van der Waals surface area contributed by atoms with Gasteiger partial charge in [0.15, 0.2) is 0 Å². The highest BCUT2D eigenvalue weighted by atomic mass is 79.9. The Labute approximate surface area is 141 Å². The first-order chi connectivity index (χ1) is 10.6. The lowest BCUT2D eigenvalue weighted by Gasteiger charge is -2.35. The molecule has 1 unspecified atom stereocenters. The fourth-order valence-electron chi connectivity index (χ4n) is 2.79. The van der Waals surface area contributed by atoms with Gasteiger partial charge in [-0.15, -0.1) is 0 Å². The van der Waals surface area contributed by atoms with Gasteiger partial charge in [-0.1, -0.05) is 35.8 Å². The predicted molar refractivity (Wildman–Crippen MR) is 92.1 cm³/mol. The van der Waals surface area contributed by atoms with Crippen LogP contribution in [-0.4, -0.2) is 49.7 Å².